The van der Waals surface area contributed by atoms with Crippen LogP contribution in [0.15, 0.2) is 60.9 Å². The van der Waals surface area contributed by atoms with Gasteiger partial charge in [-0.25, -0.2) is 4.79 Å². The van der Waals surface area contributed by atoms with Crippen molar-refractivity contribution < 1.29 is 9.53 Å². The van der Waals surface area contributed by atoms with Crippen LogP contribution >= 0.6 is 12.2 Å². The summed E-state index contributed by atoms with van der Waals surface area (Å²) in [6.45, 7) is 7.18. The highest BCUT2D eigenvalue weighted by atomic mass is 32.1. The van der Waals surface area contributed by atoms with Crippen LogP contribution in [0.1, 0.15) is 38.4 Å². The molecule has 180 valence electrons. The van der Waals surface area contributed by atoms with Gasteiger partial charge in [-0.3, -0.25) is 9.36 Å². The number of hydrogen-bond donors (Lipinski definition) is 2. The fourth-order valence-electron chi connectivity index (χ4n) is 3.83. The summed E-state index contributed by atoms with van der Waals surface area (Å²) in [4.78, 5) is 12.0. The van der Waals surface area contributed by atoms with E-state index in [0.29, 0.717) is 23.8 Å². The van der Waals surface area contributed by atoms with Crippen LogP contribution in [0.5, 0.6) is 0 Å². The molecule has 0 atom stereocenters. The Hall–Kier alpha value is -3.98. The number of benzene rings is 2. The molecule has 0 fully saturated rings. The summed E-state index contributed by atoms with van der Waals surface area (Å²) in [5, 5.41) is 16.0. The lowest BCUT2D eigenvalue weighted by Gasteiger charge is -2.10. The molecule has 2 heterocycles. The Morgan fingerprint density at radius 1 is 1.03 bits per heavy atom. The Morgan fingerprint density at radius 3 is 2.51 bits per heavy atom. The minimum Gasteiger partial charge on any atom is -0.465 e. The van der Waals surface area contributed by atoms with Gasteiger partial charge in [0.1, 0.15) is 0 Å². The van der Waals surface area contributed by atoms with E-state index < -0.39 is 0 Å². The minimum absolute atomic E-state index is 0.370. The molecule has 0 bridgehead atoms. The number of carbonyl (C=O) groups is 1. The normalized spacial score (nSPS) is 10.7. The molecule has 2 aromatic heterocycles. The van der Waals surface area contributed by atoms with Gasteiger partial charge in [-0.1, -0.05) is 48.0 Å². The molecule has 4 aromatic rings. The van der Waals surface area contributed by atoms with E-state index in [1.165, 1.54) is 18.2 Å². The maximum absolute atomic E-state index is 12.0. The molecular formula is C26H28N6O2S. The number of nitrogens with one attached hydrogen (secondary N) is 2. The average Bonchev–Trinajstić information content (AvgIpc) is 3.39. The second kappa shape index (κ2) is 10.5. The first-order valence-electron chi connectivity index (χ1n) is 11.2. The quantitative estimate of drug-likeness (QED) is 0.288. The van der Waals surface area contributed by atoms with Gasteiger partial charge in [0.2, 0.25) is 0 Å². The molecule has 9 heteroatoms. The van der Waals surface area contributed by atoms with Crippen LogP contribution in [0.25, 0.3) is 0 Å². The van der Waals surface area contributed by atoms with E-state index in [0.717, 1.165) is 28.3 Å². The monoisotopic (exact) mass is 488 g/mol. The van der Waals surface area contributed by atoms with Gasteiger partial charge in [-0.15, -0.1) is 0 Å². The highest BCUT2D eigenvalue weighted by molar-refractivity contribution is 7.80. The molecule has 0 saturated heterocycles. The van der Waals surface area contributed by atoms with Gasteiger partial charge in [-0.2, -0.15) is 10.2 Å². The van der Waals surface area contributed by atoms with Crippen molar-refractivity contribution in [1.82, 2.24) is 19.6 Å². The second-order valence-corrected chi connectivity index (χ2v) is 8.75. The van der Waals surface area contributed by atoms with Crippen LogP contribution in [-0.4, -0.2) is 37.8 Å². The molecule has 0 aliphatic carbocycles. The number of carbonyl (C=O) groups excluding carboxylic acids is 1. The number of methoxy groups -OCH3 is 1. The molecule has 2 N–H and O–H groups in total. The van der Waals surface area contributed by atoms with E-state index >= 15 is 0 Å². The van der Waals surface area contributed by atoms with Gasteiger partial charge in [0, 0.05) is 6.20 Å². The van der Waals surface area contributed by atoms with Gasteiger partial charge in [0.15, 0.2) is 5.11 Å². The summed E-state index contributed by atoms with van der Waals surface area (Å²) in [5.41, 5.74) is 7.25. The third-order valence-electron chi connectivity index (χ3n) is 5.72. The van der Waals surface area contributed by atoms with Crippen molar-refractivity contribution in [2.45, 2.75) is 33.9 Å². The van der Waals surface area contributed by atoms with E-state index in [9.17, 15) is 4.79 Å². The van der Waals surface area contributed by atoms with Crippen molar-refractivity contribution in [1.29, 1.82) is 0 Å². The van der Waals surface area contributed by atoms with Crippen LogP contribution in [0.2, 0.25) is 0 Å². The second-order valence-electron chi connectivity index (χ2n) is 8.34. The zero-order chi connectivity index (χ0) is 24.9. The van der Waals surface area contributed by atoms with Crippen LogP contribution < -0.4 is 10.6 Å². The Bertz CT molecular complexity index is 1360. The van der Waals surface area contributed by atoms with Crippen molar-refractivity contribution >= 4 is 34.7 Å². The van der Waals surface area contributed by atoms with E-state index in [-0.39, 0.29) is 5.97 Å². The Balaban J connectivity index is 1.41. The maximum atomic E-state index is 12.0. The SMILES string of the molecule is COC(=O)c1ccccc1Cn1cc(NC(=S)Nc2c(C)nn(Cc3ccc(C)cc3)c2C)cn1. The van der Waals surface area contributed by atoms with Crippen molar-refractivity contribution in [2.75, 3.05) is 17.7 Å². The van der Waals surface area contributed by atoms with Gasteiger partial charge < -0.3 is 15.4 Å². The highest BCUT2D eigenvalue weighted by Gasteiger charge is 2.15. The number of rotatable bonds is 7. The summed E-state index contributed by atoms with van der Waals surface area (Å²) in [5.74, 6) is -0.370. The fraction of sp³-hybridized carbons (Fsp3) is 0.231. The van der Waals surface area contributed by atoms with E-state index in [1.54, 1.807) is 16.9 Å². The number of thiocarbonyl (C=S) groups is 1. The van der Waals surface area contributed by atoms with Crippen molar-refractivity contribution in [3.05, 3.63) is 94.6 Å². The van der Waals surface area contributed by atoms with Gasteiger partial charge in [0.25, 0.3) is 0 Å². The number of aromatic nitrogens is 4. The molecular weight excluding hydrogens is 460 g/mol. The standard InChI is InChI=1S/C26H28N6O2S/c1-17-9-11-20(12-10-17)14-32-19(3)24(18(2)30-32)29-26(35)28-22-13-27-31(16-22)15-21-7-5-6-8-23(21)25(33)34-4/h5-13,16H,14-15H2,1-4H3,(H2,28,29,35). The molecule has 0 saturated carbocycles. The van der Waals surface area contributed by atoms with Gasteiger partial charge >= 0.3 is 5.97 Å². The first-order valence-corrected chi connectivity index (χ1v) is 11.6. The summed E-state index contributed by atoms with van der Waals surface area (Å²) in [7, 11) is 1.37. The molecule has 0 radical (unpaired) electrons. The molecule has 0 amide bonds. The number of aryl methyl sites for hydroxylation is 2. The van der Waals surface area contributed by atoms with E-state index in [1.807, 2.05) is 42.9 Å². The molecule has 2 aromatic carbocycles. The summed E-state index contributed by atoms with van der Waals surface area (Å²) < 4.78 is 8.59. The number of anilines is 2. The number of nitrogens with zero attached hydrogens (tertiary/aromatic N) is 4. The zero-order valence-corrected chi connectivity index (χ0v) is 21.0. The number of esters is 1. The number of hydrogen-bond acceptors (Lipinski definition) is 5. The van der Waals surface area contributed by atoms with Crippen molar-refractivity contribution in [2.24, 2.45) is 0 Å². The first-order chi connectivity index (χ1) is 16.8. The Labute approximate surface area is 209 Å². The molecule has 35 heavy (non-hydrogen) atoms. The molecule has 8 nitrogen and oxygen atoms in total. The fourth-order valence-corrected chi connectivity index (χ4v) is 4.05. The summed E-state index contributed by atoms with van der Waals surface area (Å²) in [6.07, 6.45) is 3.53. The smallest absolute Gasteiger partial charge is 0.338 e. The van der Waals surface area contributed by atoms with Crippen LogP contribution in [-0.2, 0) is 17.8 Å². The largest absolute Gasteiger partial charge is 0.465 e. The van der Waals surface area contributed by atoms with Crippen LogP contribution in [0, 0.1) is 20.8 Å². The van der Waals surface area contributed by atoms with E-state index in [4.69, 9.17) is 17.0 Å². The van der Waals surface area contributed by atoms with Crippen LogP contribution in [0.4, 0.5) is 11.4 Å². The third kappa shape index (κ3) is 5.75. The highest BCUT2D eigenvalue weighted by Crippen LogP contribution is 2.21. The minimum atomic E-state index is -0.370. The van der Waals surface area contributed by atoms with Gasteiger partial charge in [0.05, 0.1) is 54.7 Å². The summed E-state index contributed by atoms with van der Waals surface area (Å²) >= 11 is 5.54. The molecule has 0 aliphatic heterocycles. The predicted octanol–water partition coefficient (Wildman–Crippen LogP) is 4.70. The third-order valence-corrected chi connectivity index (χ3v) is 5.92. The lowest BCUT2D eigenvalue weighted by atomic mass is 10.1. The Kier molecular flexibility index (Phi) is 7.26. The number of ether oxygens (including phenoxy) is 1. The molecule has 0 unspecified atom stereocenters. The maximum Gasteiger partial charge on any atom is 0.338 e. The molecule has 0 aliphatic rings. The van der Waals surface area contributed by atoms with Crippen LogP contribution in [0.3, 0.4) is 0 Å². The first kappa shape index (κ1) is 24.2. The zero-order valence-electron chi connectivity index (χ0n) is 20.2. The predicted molar refractivity (Wildman–Crippen MR) is 141 cm³/mol. The van der Waals surface area contributed by atoms with Crippen molar-refractivity contribution in [3.63, 3.8) is 0 Å². The topological polar surface area (TPSA) is 86.0 Å². The van der Waals surface area contributed by atoms with Crippen molar-refractivity contribution in [3.8, 4) is 0 Å². The lowest BCUT2D eigenvalue weighted by molar-refractivity contribution is 0.0599. The average molecular weight is 489 g/mol. The Morgan fingerprint density at radius 2 is 1.77 bits per heavy atom. The molecule has 4 rings (SSSR count). The van der Waals surface area contributed by atoms with E-state index in [2.05, 4.69) is 52.0 Å². The lowest BCUT2D eigenvalue weighted by Crippen LogP contribution is -2.19. The molecule has 0 spiro atoms. The van der Waals surface area contributed by atoms with Gasteiger partial charge in [-0.05, 0) is 50.2 Å². The summed E-state index contributed by atoms with van der Waals surface area (Å²) in [6, 6.07) is 15.8.